The first-order valence-corrected chi connectivity index (χ1v) is 21.5. The maximum absolute atomic E-state index is 11.9. The molecule has 5 nitrogen and oxygen atoms in total. The maximum atomic E-state index is 11.9. The molecule has 0 saturated heterocycles. The van der Waals surface area contributed by atoms with Crippen LogP contribution in [0.2, 0.25) is 0 Å². The molecular weight excluding hydrogens is 626 g/mol. The molecule has 280 valence electrons. The molecule has 0 unspecified atom stereocenters. The van der Waals surface area contributed by atoms with E-state index in [0.29, 0.717) is 12.0 Å². The fourth-order valence-electron chi connectivity index (χ4n) is 5.08. The van der Waals surface area contributed by atoms with Gasteiger partial charge in [-0.05, 0) is 26.2 Å². The number of ketones is 1. The summed E-state index contributed by atoms with van der Waals surface area (Å²) >= 11 is 0. The molecule has 0 spiro atoms. The molecule has 0 saturated carbocycles. The average molecular weight is 707 g/mol. The second-order valence-corrected chi connectivity index (χ2v) is 15.4. The Balaban J connectivity index is -0.000000321. The number of quaternary nitrogens is 1. The first-order chi connectivity index (χ1) is 22.4. The topological polar surface area (TPSA) is 74.3 Å². The number of hydrogen-bond acceptors (Lipinski definition) is 4. The van der Waals surface area contributed by atoms with Crippen LogP contribution in [0.25, 0.3) is 0 Å². The van der Waals surface area contributed by atoms with Crippen LogP contribution >= 0.6 is 0 Å². The van der Waals surface area contributed by atoms with Gasteiger partial charge in [-0.1, -0.05) is 186 Å². The van der Waals surface area contributed by atoms with Crippen LogP contribution in [0.3, 0.4) is 0 Å². The van der Waals surface area contributed by atoms with E-state index in [1.54, 1.807) is 0 Å². The van der Waals surface area contributed by atoms with E-state index in [4.69, 9.17) is 13.0 Å². The van der Waals surface area contributed by atoms with Gasteiger partial charge in [0.05, 0.1) is 37.3 Å². The van der Waals surface area contributed by atoms with Gasteiger partial charge < -0.3 is 9.04 Å². The molecule has 7 heteroatoms. The number of unbranched alkanes of at least 4 members (excludes halogenated alkanes) is 20. The van der Waals surface area contributed by atoms with Gasteiger partial charge in [0, 0.05) is 19.1 Å². The van der Waals surface area contributed by atoms with Crippen LogP contribution in [-0.4, -0.2) is 56.7 Å². The van der Waals surface area contributed by atoms with Crippen molar-refractivity contribution in [3.63, 3.8) is 0 Å². The van der Waals surface area contributed by atoms with Gasteiger partial charge in [-0.2, -0.15) is 0 Å². The fraction of sp³-hybridized carbons (Fsp3) is 0.829. The van der Waals surface area contributed by atoms with E-state index in [2.05, 4.69) is 41.8 Å². The molecule has 1 rings (SSSR count). The molecule has 0 fully saturated rings. The minimum absolute atomic E-state index is 0. The van der Waals surface area contributed by atoms with Gasteiger partial charge in [0.2, 0.25) is 0 Å². The summed E-state index contributed by atoms with van der Waals surface area (Å²) in [6.45, 7) is 11.4. The van der Waals surface area contributed by atoms with Crippen molar-refractivity contribution in [1.29, 1.82) is 0 Å². The standard InChI is InChI=1S/C21H44NO.C13H28.C6H6.CH4O3S.Na/c1-5-7-8-9-10-11-12-13-14-15-18-21(23)19-16-17-20-22(3,4)6-2;1-3-5-7-9-11-13-12-10-8-6-4-2;1-2-4-6-5-3-1;1-5(2,3)4;/h5-20H2,1-4H3;3-13H2,1-2H3;1-6H;1H3,(H,2,3,4);/q+1;;;;+1/p-1. The van der Waals surface area contributed by atoms with Gasteiger partial charge in [0.1, 0.15) is 5.78 Å². The van der Waals surface area contributed by atoms with Crippen molar-refractivity contribution in [1.82, 2.24) is 0 Å². The number of hydrogen-bond donors (Lipinski definition) is 0. The van der Waals surface area contributed by atoms with Gasteiger partial charge in [0.25, 0.3) is 0 Å². The molecule has 0 atom stereocenters. The second-order valence-electron chi connectivity index (χ2n) is 13.9. The Hall–Kier alpha value is -0.240. The van der Waals surface area contributed by atoms with Crippen LogP contribution < -0.4 is 29.6 Å². The number of carbonyl (C=O) groups excluding carboxylic acids is 1. The quantitative estimate of drug-likeness (QED) is 0.0396. The van der Waals surface area contributed by atoms with Gasteiger partial charge in [-0.25, -0.2) is 8.42 Å². The van der Waals surface area contributed by atoms with Crippen LogP contribution in [-0.2, 0) is 14.9 Å². The average Bonchev–Trinajstić information content (AvgIpc) is 3.04. The predicted molar refractivity (Wildman–Crippen MR) is 207 cm³/mol. The third-order valence-electron chi connectivity index (χ3n) is 8.51. The third-order valence-corrected chi connectivity index (χ3v) is 8.51. The van der Waals surface area contributed by atoms with Crippen LogP contribution in [0, 0.1) is 0 Å². The smallest absolute Gasteiger partial charge is 0.748 e. The summed E-state index contributed by atoms with van der Waals surface area (Å²) in [5, 5.41) is 0. The van der Waals surface area contributed by atoms with Crippen LogP contribution in [0.1, 0.15) is 188 Å². The molecule has 1 aromatic carbocycles. The summed E-state index contributed by atoms with van der Waals surface area (Å²) < 4.78 is 28.3. The molecule has 0 aliphatic carbocycles. The summed E-state index contributed by atoms with van der Waals surface area (Å²) in [6.07, 6.45) is 33.9. The predicted octanol–water partition coefficient (Wildman–Crippen LogP) is 9.30. The summed E-state index contributed by atoms with van der Waals surface area (Å²) in [7, 11) is 0.622. The van der Waals surface area contributed by atoms with Crippen molar-refractivity contribution in [2.75, 3.05) is 33.4 Å². The zero-order valence-corrected chi connectivity index (χ0v) is 36.4. The molecule has 0 bridgehead atoms. The first kappa shape index (κ1) is 54.5. The Morgan fingerprint density at radius 1 is 0.500 bits per heavy atom. The van der Waals surface area contributed by atoms with Crippen molar-refractivity contribution in [2.24, 2.45) is 0 Å². The number of benzene rings is 1. The number of rotatable bonds is 27. The Morgan fingerprint density at radius 3 is 0.979 bits per heavy atom. The minimum atomic E-state index is -3.92. The van der Waals surface area contributed by atoms with Gasteiger partial charge in [-0.15, -0.1) is 0 Å². The molecule has 0 amide bonds. The van der Waals surface area contributed by atoms with E-state index < -0.39 is 10.1 Å². The number of carbonyl (C=O) groups is 1. The fourth-order valence-corrected chi connectivity index (χ4v) is 5.08. The van der Waals surface area contributed by atoms with Crippen LogP contribution in [0.4, 0.5) is 0 Å². The molecule has 0 aromatic heterocycles. The third kappa shape index (κ3) is 61.0. The molecule has 0 heterocycles. The number of Topliss-reactive ketones (excluding diaryl/α,β-unsaturated/α-hetero) is 1. The Morgan fingerprint density at radius 2 is 0.729 bits per heavy atom. The SMILES string of the molecule is CCCCCCCCCCCCC.CCCCCCCCCCCCC(=O)CCCC[N+](C)(C)CC.CS(=O)(=O)[O-].[Na+].c1ccccc1. The van der Waals surface area contributed by atoms with Crippen molar-refractivity contribution < 1.29 is 51.8 Å². The Bertz CT molecular complexity index is 789. The molecule has 0 N–H and O–H groups in total. The molecule has 0 aliphatic heterocycles. The zero-order chi connectivity index (χ0) is 35.9. The summed E-state index contributed by atoms with van der Waals surface area (Å²) in [4.78, 5) is 11.9. The monoisotopic (exact) mass is 707 g/mol. The first-order valence-electron chi connectivity index (χ1n) is 19.7. The molecule has 48 heavy (non-hydrogen) atoms. The molecular formula is C41H81NNaO4S+. The summed E-state index contributed by atoms with van der Waals surface area (Å²) in [5.41, 5.74) is 0. The number of nitrogens with zero attached hydrogens (tertiary/aromatic N) is 1. The van der Waals surface area contributed by atoms with E-state index in [1.807, 2.05) is 36.4 Å². The van der Waals surface area contributed by atoms with Crippen molar-refractivity contribution in [2.45, 2.75) is 188 Å². The Labute approximate surface area is 323 Å². The molecule has 0 aliphatic rings. The van der Waals surface area contributed by atoms with Crippen LogP contribution in [0.15, 0.2) is 36.4 Å². The molecule has 1 aromatic rings. The summed E-state index contributed by atoms with van der Waals surface area (Å²) in [6, 6.07) is 12.0. The van der Waals surface area contributed by atoms with Crippen molar-refractivity contribution in [3.05, 3.63) is 36.4 Å². The van der Waals surface area contributed by atoms with Gasteiger partial charge >= 0.3 is 29.6 Å². The normalized spacial score (nSPS) is 10.8. The van der Waals surface area contributed by atoms with Crippen LogP contribution in [0.5, 0.6) is 0 Å². The van der Waals surface area contributed by atoms with Crippen molar-refractivity contribution in [3.8, 4) is 0 Å². The second kappa shape index (κ2) is 42.9. The van der Waals surface area contributed by atoms with E-state index in [-0.39, 0.29) is 29.6 Å². The van der Waals surface area contributed by atoms with E-state index in [9.17, 15) is 4.79 Å². The maximum Gasteiger partial charge on any atom is 1.00 e. The van der Waals surface area contributed by atoms with Gasteiger partial charge in [-0.3, -0.25) is 4.79 Å². The van der Waals surface area contributed by atoms with E-state index in [0.717, 1.165) is 30.2 Å². The van der Waals surface area contributed by atoms with E-state index >= 15 is 0 Å². The molecule has 0 radical (unpaired) electrons. The van der Waals surface area contributed by atoms with Gasteiger partial charge in [0.15, 0.2) is 0 Å². The Kier molecular flexibility index (Phi) is 48.8. The zero-order valence-electron chi connectivity index (χ0n) is 33.5. The summed E-state index contributed by atoms with van der Waals surface area (Å²) in [5.74, 6) is 0.492. The largest absolute Gasteiger partial charge is 1.00 e. The van der Waals surface area contributed by atoms with Crippen molar-refractivity contribution >= 4 is 15.9 Å². The minimum Gasteiger partial charge on any atom is -0.748 e. The van der Waals surface area contributed by atoms with E-state index in [1.165, 1.54) is 148 Å².